The van der Waals surface area contributed by atoms with Gasteiger partial charge in [0.1, 0.15) is 5.76 Å². The summed E-state index contributed by atoms with van der Waals surface area (Å²) in [5.41, 5.74) is 8.71. The summed E-state index contributed by atoms with van der Waals surface area (Å²) in [4.78, 5) is 0. The van der Waals surface area contributed by atoms with E-state index in [-0.39, 0.29) is 6.04 Å². The van der Waals surface area contributed by atoms with Crippen molar-refractivity contribution in [2.45, 2.75) is 13.0 Å². The highest BCUT2D eigenvalue weighted by Gasteiger charge is 2.09. The van der Waals surface area contributed by atoms with Gasteiger partial charge < -0.3 is 10.2 Å². The van der Waals surface area contributed by atoms with Crippen LogP contribution in [0.5, 0.6) is 0 Å². The number of hydrogen-bond donors (Lipinski definition) is 1. The van der Waals surface area contributed by atoms with E-state index in [9.17, 15) is 0 Å². The zero-order valence-electron chi connectivity index (χ0n) is 10.6. The molecule has 2 nitrogen and oxygen atoms in total. The molecule has 0 spiro atoms. The molecule has 3 aromatic rings. The van der Waals surface area contributed by atoms with Crippen LogP contribution < -0.4 is 5.73 Å². The van der Waals surface area contributed by atoms with Gasteiger partial charge in [-0.25, -0.2) is 0 Å². The van der Waals surface area contributed by atoms with Crippen molar-refractivity contribution in [3.8, 4) is 11.3 Å². The predicted octanol–water partition coefficient (Wildman–Crippen LogP) is 4.77. The molecule has 1 aromatic heterocycles. The summed E-state index contributed by atoms with van der Waals surface area (Å²) in [6, 6.07) is 15.9. The second kappa shape index (κ2) is 4.72. The Morgan fingerprint density at radius 2 is 1.84 bits per heavy atom. The maximum Gasteiger partial charge on any atom is 0.153 e. The molecule has 0 bridgehead atoms. The van der Waals surface area contributed by atoms with Gasteiger partial charge in [-0.1, -0.05) is 48.0 Å². The number of furan rings is 1. The van der Waals surface area contributed by atoms with Gasteiger partial charge in [0.05, 0.1) is 5.02 Å². The third-order valence-electron chi connectivity index (χ3n) is 3.22. The fourth-order valence-corrected chi connectivity index (χ4v) is 2.34. The summed E-state index contributed by atoms with van der Waals surface area (Å²) >= 11 is 6.11. The molecule has 3 rings (SSSR count). The third-order valence-corrected chi connectivity index (χ3v) is 3.51. The van der Waals surface area contributed by atoms with Crippen molar-refractivity contribution in [2.75, 3.05) is 0 Å². The summed E-state index contributed by atoms with van der Waals surface area (Å²) in [7, 11) is 0. The second-order valence-corrected chi connectivity index (χ2v) is 5.09. The number of para-hydroxylation sites is 1. The largest absolute Gasteiger partial charge is 0.455 e. The van der Waals surface area contributed by atoms with Gasteiger partial charge in [-0.05, 0) is 24.6 Å². The maximum atomic E-state index is 6.11. The molecule has 2 aromatic carbocycles. The lowest BCUT2D eigenvalue weighted by Gasteiger charge is -2.05. The maximum absolute atomic E-state index is 6.11. The molecule has 0 saturated carbocycles. The van der Waals surface area contributed by atoms with Crippen LogP contribution in [0.3, 0.4) is 0 Å². The number of fused-ring (bicyclic) bond motifs is 1. The van der Waals surface area contributed by atoms with Gasteiger partial charge in [0.25, 0.3) is 0 Å². The molecule has 1 atom stereocenters. The first kappa shape index (κ1) is 12.3. The Labute approximate surface area is 116 Å². The van der Waals surface area contributed by atoms with Crippen molar-refractivity contribution in [2.24, 2.45) is 5.73 Å². The van der Waals surface area contributed by atoms with Crippen LogP contribution in [0.15, 0.2) is 52.9 Å². The molecular formula is C16H14ClNO. The number of hydrogen-bond acceptors (Lipinski definition) is 2. The second-order valence-electron chi connectivity index (χ2n) is 4.68. The molecular weight excluding hydrogens is 258 g/mol. The molecule has 0 amide bonds. The molecule has 96 valence electrons. The highest BCUT2D eigenvalue weighted by Crippen LogP contribution is 2.32. The van der Waals surface area contributed by atoms with E-state index in [0.29, 0.717) is 5.02 Å². The van der Waals surface area contributed by atoms with Gasteiger partial charge in [-0.2, -0.15) is 0 Å². The Bertz CT molecular complexity index is 713. The fourth-order valence-electron chi connectivity index (χ4n) is 2.12. The van der Waals surface area contributed by atoms with Gasteiger partial charge >= 0.3 is 0 Å². The van der Waals surface area contributed by atoms with E-state index in [2.05, 4.69) is 0 Å². The summed E-state index contributed by atoms with van der Waals surface area (Å²) < 4.78 is 5.82. The molecule has 1 heterocycles. The summed E-state index contributed by atoms with van der Waals surface area (Å²) in [6.07, 6.45) is 0. The third kappa shape index (κ3) is 2.25. The van der Waals surface area contributed by atoms with Gasteiger partial charge in [0, 0.05) is 17.0 Å². The van der Waals surface area contributed by atoms with Crippen molar-refractivity contribution in [3.63, 3.8) is 0 Å². The number of nitrogens with two attached hydrogens (primary N) is 1. The Kier molecular flexibility index (Phi) is 3.05. The minimum atomic E-state index is 0.0409. The van der Waals surface area contributed by atoms with E-state index in [4.69, 9.17) is 21.8 Å². The molecule has 0 aliphatic rings. The van der Waals surface area contributed by atoms with Crippen molar-refractivity contribution < 1.29 is 4.42 Å². The first-order valence-electron chi connectivity index (χ1n) is 6.19. The highest BCUT2D eigenvalue weighted by atomic mass is 35.5. The lowest BCUT2D eigenvalue weighted by atomic mass is 10.1. The Balaban J connectivity index is 2.06. The van der Waals surface area contributed by atoms with Crippen LogP contribution in [-0.2, 0) is 0 Å². The van der Waals surface area contributed by atoms with Crippen LogP contribution in [-0.4, -0.2) is 0 Å². The Morgan fingerprint density at radius 1 is 1.11 bits per heavy atom. The average molecular weight is 272 g/mol. The van der Waals surface area contributed by atoms with Gasteiger partial charge in [0.2, 0.25) is 0 Å². The highest BCUT2D eigenvalue weighted by molar-refractivity contribution is 6.34. The van der Waals surface area contributed by atoms with E-state index in [0.717, 1.165) is 27.9 Å². The van der Waals surface area contributed by atoms with Crippen molar-refractivity contribution in [3.05, 3.63) is 59.1 Å². The Hall–Kier alpha value is -1.77. The number of rotatable bonds is 2. The first-order chi connectivity index (χ1) is 9.15. The van der Waals surface area contributed by atoms with Gasteiger partial charge in [-0.15, -0.1) is 0 Å². The number of benzene rings is 2. The summed E-state index contributed by atoms with van der Waals surface area (Å²) in [6.45, 7) is 1.97. The first-order valence-corrected chi connectivity index (χ1v) is 6.57. The molecule has 0 saturated heterocycles. The summed E-state index contributed by atoms with van der Waals surface area (Å²) in [5, 5.41) is 1.65. The monoisotopic (exact) mass is 271 g/mol. The van der Waals surface area contributed by atoms with E-state index < -0.39 is 0 Å². The normalized spacial score (nSPS) is 12.8. The molecule has 0 fully saturated rings. The van der Waals surface area contributed by atoms with Crippen molar-refractivity contribution in [1.29, 1.82) is 0 Å². The molecule has 3 heteroatoms. The molecule has 19 heavy (non-hydrogen) atoms. The lowest BCUT2D eigenvalue weighted by molar-refractivity contribution is 0.631. The Morgan fingerprint density at radius 3 is 2.47 bits per heavy atom. The zero-order valence-corrected chi connectivity index (χ0v) is 11.3. The van der Waals surface area contributed by atoms with Gasteiger partial charge in [0.15, 0.2) is 5.58 Å². The smallest absolute Gasteiger partial charge is 0.153 e. The topological polar surface area (TPSA) is 39.2 Å². The standard InChI is InChI=1S/C16H14ClNO/c1-10(18)11-5-7-12(8-6-11)15-9-13-3-2-4-14(17)16(13)19-15/h2-10H,18H2,1H3. The SMILES string of the molecule is CC(N)c1ccc(-c2cc3cccc(Cl)c3o2)cc1. The van der Waals surface area contributed by atoms with Gasteiger partial charge in [-0.3, -0.25) is 0 Å². The predicted molar refractivity (Wildman–Crippen MR) is 79.3 cm³/mol. The van der Waals surface area contributed by atoms with Crippen molar-refractivity contribution >= 4 is 22.6 Å². The van der Waals surface area contributed by atoms with Crippen LogP contribution in [0, 0.1) is 0 Å². The van der Waals surface area contributed by atoms with Crippen LogP contribution in [0.25, 0.3) is 22.3 Å². The minimum absolute atomic E-state index is 0.0409. The average Bonchev–Trinajstić information content (AvgIpc) is 2.84. The number of halogens is 1. The zero-order chi connectivity index (χ0) is 13.4. The van der Waals surface area contributed by atoms with E-state index in [1.54, 1.807) is 0 Å². The van der Waals surface area contributed by atoms with Crippen LogP contribution in [0.4, 0.5) is 0 Å². The summed E-state index contributed by atoms with van der Waals surface area (Å²) in [5.74, 6) is 0.819. The van der Waals surface area contributed by atoms with Crippen molar-refractivity contribution in [1.82, 2.24) is 0 Å². The fraction of sp³-hybridized carbons (Fsp3) is 0.125. The molecule has 0 aliphatic carbocycles. The quantitative estimate of drug-likeness (QED) is 0.729. The molecule has 1 unspecified atom stereocenters. The van der Waals surface area contributed by atoms with Crippen LogP contribution >= 0.6 is 11.6 Å². The van der Waals surface area contributed by atoms with E-state index in [1.165, 1.54) is 0 Å². The molecule has 2 N–H and O–H groups in total. The molecule has 0 aliphatic heterocycles. The molecule has 0 radical (unpaired) electrons. The lowest BCUT2D eigenvalue weighted by Crippen LogP contribution is -2.04. The minimum Gasteiger partial charge on any atom is -0.455 e. The van der Waals surface area contributed by atoms with Crippen LogP contribution in [0.1, 0.15) is 18.5 Å². The van der Waals surface area contributed by atoms with E-state index >= 15 is 0 Å². The van der Waals surface area contributed by atoms with E-state index in [1.807, 2.05) is 55.5 Å². The van der Waals surface area contributed by atoms with Crippen LogP contribution in [0.2, 0.25) is 5.02 Å².